The highest BCUT2D eigenvalue weighted by atomic mass is 19.4. The Balaban J connectivity index is 1.30. The summed E-state index contributed by atoms with van der Waals surface area (Å²) in [6.07, 6.45) is -5.67. The van der Waals surface area contributed by atoms with E-state index in [1.165, 1.54) is 21.7 Å². The predicted octanol–water partition coefficient (Wildman–Crippen LogP) is 5.25. The molecule has 276 valence electrons. The maximum atomic E-state index is 14.4. The maximum Gasteiger partial charge on any atom is 0.416 e. The zero-order chi connectivity index (χ0) is 37.8. The molecule has 12 nitrogen and oxygen atoms in total. The van der Waals surface area contributed by atoms with Gasteiger partial charge >= 0.3 is 18.3 Å². The molecule has 3 aliphatic heterocycles. The fourth-order valence-corrected chi connectivity index (χ4v) is 7.34. The number of likely N-dealkylation sites (tertiary alicyclic amines) is 2. The number of halogens is 4. The minimum absolute atomic E-state index is 0.0226. The van der Waals surface area contributed by atoms with Crippen molar-refractivity contribution >= 4 is 41.2 Å². The molecule has 3 aliphatic rings. The van der Waals surface area contributed by atoms with Crippen molar-refractivity contribution in [2.24, 2.45) is 11.3 Å². The lowest BCUT2D eigenvalue weighted by molar-refractivity contribution is -0.139. The molecule has 3 fully saturated rings. The van der Waals surface area contributed by atoms with Crippen LogP contribution in [-0.2, 0) is 15.8 Å². The summed E-state index contributed by atoms with van der Waals surface area (Å²) >= 11 is 0. The number of likely N-dealkylation sites (N-methyl/N-ethyl adjacent to an activating group) is 1. The largest absolute Gasteiger partial charge is 0.465 e. The van der Waals surface area contributed by atoms with Crippen molar-refractivity contribution < 1.29 is 46.6 Å². The summed E-state index contributed by atoms with van der Waals surface area (Å²) in [5, 5.41) is 15.3. The predicted molar refractivity (Wildman–Crippen MR) is 179 cm³/mol. The van der Waals surface area contributed by atoms with Gasteiger partial charge in [-0.1, -0.05) is 34.6 Å². The third-order valence-corrected chi connectivity index (χ3v) is 9.99. The Bertz CT molecular complexity index is 1720. The lowest BCUT2D eigenvalue weighted by atomic mass is 9.76. The molecular weight excluding hydrogens is 676 g/mol. The Kier molecular flexibility index (Phi) is 9.78. The number of nitrogens with one attached hydrogen (secondary N) is 2. The SMILES string of the molecule is CC(C)C(NC(=O)c1cc(C(F)(F)F)ccc1F)C(=O)N1CCC2(CC1)C(=O)N(C)C(=O)N2c1ccc(NC2CN(C(=O)O)C2C(C)(C)C)cc1. The first-order chi connectivity index (χ1) is 23.7. The van der Waals surface area contributed by atoms with Crippen molar-refractivity contribution in [3.8, 4) is 0 Å². The Morgan fingerprint density at radius 2 is 1.59 bits per heavy atom. The zero-order valence-corrected chi connectivity index (χ0v) is 29.2. The van der Waals surface area contributed by atoms with E-state index in [1.807, 2.05) is 20.8 Å². The summed E-state index contributed by atoms with van der Waals surface area (Å²) in [4.78, 5) is 70.7. The van der Waals surface area contributed by atoms with Crippen LogP contribution in [0.3, 0.4) is 0 Å². The van der Waals surface area contributed by atoms with Crippen molar-refractivity contribution in [2.45, 2.75) is 77.3 Å². The average molecular weight is 719 g/mol. The van der Waals surface area contributed by atoms with Gasteiger partial charge in [-0.3, -0.25) is 24.2 Å². The quantitative estimate of drug-likeness (QED) is 0.262. The van der Waals surface area contributed by atoms with E-state index < -0.39 is 70.5 Å². The van der Waals surface area contributed by atoms with E-state index in [0.29, 0.717) is 36.1 Å². The van der Waals surface area contributed by atoms with E-state index in [0.717, 1.165) is 4.90 Å². The molecule has 0 radical (unpaired) electrons. The van der Waals surface area contributed by atoms with Gasteiger partial charge in [0, 0.05) is 38.1 Å². The minimum atomic E-state index is -4.81. The Labute approximate surface area is 292 Å². The van der Waals surface area contributed by atoms with Crippen LogP contribution in [0.25, 0.3) is 0 Å². The normalized spacial score (nSPS) is 21.2. The second kappa shape index (κ2) is 13.3. The lowest BCUT2D eigenvalue weighted by Crippen LogP contribution is -2.69. The molecule has 0 bridgehead atoms. The molecule has 3 heterocycles. The number of hydrogen-bond acceptors (Lipinski definition) is 6. The molecule has 5 rings (SSSR count). The number of nitrogens with zero attached hydrogens (tertiary/aromatic N) is 4. The Hall–Kier alpha value is -4.89. The van der Waals surface area contributed by atoms with Gasteiger partial charge in [-0.15, -0.1) is 0 Å². The molecule has 3 saturated heterocycles. The molecule has 0 aromatic heterocycles. The Morgan fingerprint density at radius 1 is 0.980 bits per heavy atom. The molecule has 2 aromatic carbocycles. The van der Waals surface area contributed by atoms with Gasteiger partial charge < -0.3 is 25.5 Å². The number of rotatable bonds is 7. The summed E-state index contributed by atoms with van der Waals surface area (Å²) in [6.45, 7) is 9.51. The average Bonchev–Trinajstić information content (AvgIpc) is 3.20. The third-order valence-electron chi connectivity index (χ3n) is 9.99. The highest BCUT2D eigenvalue weighted by Gasteiger charge is 2.58. The smallest absolute Gasteiger partial charge is 0.416 e. The molecule has 51 heavy (non-hydrogen) atoms. The molecule has 1 spiro atoms. The summed E-state index contributed by atoms with van der Waals surface area (Å²) in [6, 6.07) is 6.22. The molecule has 0 saturated carbocycles. The molecule has 16 heteroatoms. The number of anilines is 2. The maximum absolute atomic E-state index is 14.4. The number of imide groups is 1. The summed E-state index contributed by atoms with van der Waals surface area (Å²) in [5.74, 6) is -3.87. The first-order valence-corrected chi connectivity index (χ1v) is 16.6. The van der Waals surface area contributed by atoms with Gasteiger partial charge in [0.15, 0.2) is 0 Å². The van der Waals surface area contributed by atoms with E-state index in [2.05, 4.69) is 10.6 Å². The van der Waals surface area contributed by atoms with Crippen LogP contribution in [0.4, 0.5) is 38.5 Å². The molecular formula is C35H42F4N6O6. The Morgan fingerprint density at radius 3 is 2.12 bits per heavy atom. The molecule has 3 atom stereocenters. The fourth-order valence-electron chi connectivity index (χ4n) is 7.34. The number of carboxylic acid groups (broad SMARTS) is 1. The number of piperidine rings is 1. The fraction of sp³-hybridized carbons (Fsp3) is 0.514. The van der Waals surface area contributed by atoms with Gasteiger partial charge in [-0.25, -0.2) is 14.0 Å². The summed E-state index contributed by atoms with van der Waals surface area (Å²) in [7, 11) is 1.38. The van der Waals surface area contributed by atoms with Crippen LogP contribution in [0.1, 0.15) is 63.4 Å². The third kappa shape index (κ3) is 6.91. The van der Waals surface area contributed by atoms with Crippen molar-refractivity contribution in [3.05, 3.63) is 59.4 Å². The standard InChI is InChI=1S/C35H42F4N6O6/c1-19(2)26(41-28(46)23-17-20(35(37,38)39)7-12-24(23)36)29(47)43-15-13-34(14-16-43)30(48)42(6)31(49)45(34)22-10-8-21(9-11-22)40-25-18-44(32(50)51)27(25)33(3,4)5/h7-12,17,19,25-27,40H,13-16,18H2,1-6H3,(H,41,46)(H,50,51). The van der Waals surface area contributed by atoms with Gasteiger partial charge in [0.05, 0.1) is 23.2 Å². The van der Waals surface area contributed by atoms with Crippen molar-refractivity contribution in [1.82, 2.24) is 20.0 Å². The van der Waals surface area contributed by atoms with Crippen LogP contribution in [0, 0.1) is 17.2 Å². The topological polar surface area (TPSA) is 143 Å². The van der Waals surface area contributed by atoms with Crippen molar-refractivity contribution in [2.75, 3.05) is 36.9 Å². The summed E-state index contributed by atoms with van der Waals surface area (Å²) in [5.41, 5.74) is -2.52. The van der Waals surface area contributed by atoms with Crippen LogP contribution in [0.2, 0.25) is 0 Å². The molecule has 3 unspecified atom stereocenters. The summed E-state index contributed by atoms with van der Waals surface area (Å²) < 4.78 is 54.1. The highest BCUT2D eigenvalue weighted by Crippen LogP contribution is 2.41. The minimum Gasteiger partial charge on any atom is -0.465 e. The number of benzene rings is 2. The van der Waals surface area contributed by atoms with Crippen molar-refractivity contribution in [3.63, 3.8) is 0 Å². The number of carbonyl (C=O) groups excluding carboxylic acids is 4. The van der Waals surface area contributed by atoms with Crippen LogP contribution < -0.4 is 15.5 Å². The second-order valence-electron chi connectivity index (χ2n) is 14.8. The molecule has 3 N–H and O–H groups in total. The highest BCUT2D eigenvalue weighted by molar-refractivity contribution is 6.16. The van der Waals surface area contributed by atoms with Crippen molar-refractivity contribution in [1.29, 1.82) is 0 Å². The lowest BCUT2D eigenvalue weighted by Gasteiger charge is -2.53. The first kappa shape index (κ1) is 37.4. The van der Waals surface area contributed by atoms with Crippen LogP contribution >= 0.6 is 0 Å². The van der Waals surface area contributed by atoms with Gasteiger partial charge in [-0.2, -0.15) is 13.2 Å². The molecule has 2 aromatic rings. The van der Waals surface area contributed by atoms with E-state index in [9.17, 15) is 46.6 Å². The number of hydrogen-bond donors (Lipinski definition) is 3. The van der Waals surface area contributed by atoms with Crippen LogP contribution in [0.5, 0.6) is 0 Å². The van der Waals surface area contributed by atoms with Gasteiger partial charge in [-0.05, 0) is 66.6 Å². The monoisotopic (exact) mass is 718 g/mol. The first-order valence-electron chi connectivity index (χ1n) is 16.6. The number of urea groups is 1. The van der Waals surface area contributed by atoms with E-state index >= 15 is 0 Å². The second-order valence-corrected chi connectivity index (χ2v) is 14.8. The van der Waals surface area contributed by atoms with E-state index in [4.69, 9.17) is 0 Å². The zero-order valence-electron chi connectivity index (χ0n) is 29.2. The molecule has 0 aliphatic carbocycles. The van der Waals surface area contributed by atoms with E-state index in [1.54, 1.807) is 38.1 Å². The molecule has 6 amide bonds. The van der Waals surface area contributed by atoms with Gasteiger partial charge in [0.25, 0.3) is 11.8 Å². The van der Waals surface area contributed by atoms with Crippen LogP contribution in [-0.4, -0.2) is 100.0 Å². The van der Waals surface area contributed by atoms with Gasteiger partial charge in [0.2, 0.25) is 5.91 Å². The van der Waals surface area contributed by atoms with Crippen LogP contribution in [0.15, 0.2) is 42.5 Å². The number of alkyl halides is 3. The van der Waals surface area contributed by atoms with E-state index in [-0.39, 0.29) is 43.4 Å². The number of amides is 6. The number of carbonyl (C=O) groups is 5. The van der Waals surface area contributed by atoms with Gasteiger partial charge in [0.1, 0.15) is 17.4 Å².